The van der Waals surface area contributed by atoms with E-state index in [1.165, 1.54) is 11.3 Å². The first-order chi connectivity index (χ1) is 22.4. The third-order valence-corrected chi connectivity index (χ3v) is 8.29. The molecule has 6 amide bonds. The second-order valence-corrected chi connectivity index (χ2v) is 14.7. The number of hydrogen-bond acceptors (Lipinski definition) is 6. The molecule has 4 atom stereocenters. The predicted molar refractivity (Wildman–Crippen MR) is 182 cm³/mol. The van der Waals surface area contributed by atoms with E-state index in [-0.39, 0.29) is 18.9 Å². The summed E-state index contributed by atoms with van der Waals surface area (Å²) in [5.41, 5.74) is 3.59. The van der Waals surface area contributed by atoms with Crippen molar-refractivity contribution in [2.45, 2.75) is 145 Å². The molecule has 0 radical (unpaired) electrons. The van der Waals surface area contributed by atoms with Crippen LogP contribution in [0.5, 0.6) is 0 Å². The second-order valence-electron chi connectivity index (χ2n) is 14.7. The Kier molecular flexibility index (Phi) is 18.3. The Labute approximate surface area is 290 Å². The van der Waals surface area contributed by atoms with Crippen molar-refractivity contribution in [2.24, 2.45) is 22.5 Å². The number of Topliss-reactive ketones (excluding diaryl/α,β-unsaturated/α-hetero) is 1. The molecule has 2 rings (SSSR count). The van der Waals surface area contributed by atoms with Crippen molar-refractivity contribution >= 4 is 35.4 Å². The maximum Gasteiger partial charge on any atom is 0.471 e. The van der Waals surface area contributed by atoms with E-state index in [1.807, 2.05) is 13.8 Å². The van der Waals surface area contributed by atoms with Crippen LogP contribution in [0.15, 0.2) is 0 Å². The SMILES string of the molecule is CC.CCC.CN(CC(NC(=O)NC(C(=O)N1CCCC1C(=O)NC(CC1CCC1)C(=O)C(N)=O)C(C)(C)C)C(C)(C)C)C(=O)C(F)(F)F. The zero-order valence-corrected chi connectivity index (χ0v) is 31.3. The summed E-state index contributed by atoms with van der Waals surface area (Å²) in [6, 6.07) is -4.95. The first kappa shape index (κ1) is 45.6. The van der Waals surface area contributed by atoms with Crippen molar-refractivity contribution in [3.63, 3.8) is 0 Å². The van der Waals surface area contributed by atoms with Crippen molar-refractivity contribution < 1.29 is 41.9 Å². The molecule has 15 heteroatoms. The summed E-state index contributed by atoms with van der Waals surface area (Å²) in [7, 11) is 0.988. The average Bonchev–Trinajstić information content (AvgIpc) is 3.45. The summed E-state index contributed by atoms with van der Waals surface area (Å²) in [6.45, 7) is 18.2. The van der Waals surface area contributed by atoms with E-state index in [4.69, 9.17) is 5.73 Å². The predicted octanol–water partition coefficient (Wildman–Crippen LogP) is 4.30. The highest BCUT2D eigenvalue weighted by Crippen LogP contribution is 2.31. The quantitative estimate of drug-likeness (QED) is 0.234. The van der Waals surface area contributed by atoms with Crippen LogP contribution < -0.4 is 21.7 Å². The number of carbonyl (C=O) groups is 6. The van der Waals surface area contributed by atoms with Crippen LogP contribution >= 0.6 is 0 Å². The van der Waals surface area contributed by atoms with Crippen LogP contribution in [0.4, 0.5) is 18.0 Å². The Bertz CT molecular complexity index is 1130. The lowest BCUT2D eigenvalue weighted by molar-refractivity contribution is -0.184. The van der Waals surface area contributed by atoms with Crippen molar-refractivity contribution in [2.75, 3.05) is 20.1 Å². The minimum Gasteiger partial charge on any atom is -0.363 e. The standard InChI is InChI=1S/C29H47F3N6O6.C3H8.C2H6/c1-27(2,3)19(15-37(7)25(43)29(30,31)32)35-26(44)36-21(28(4,5)6)24(42)38-13-9-12-18(38)23(41)34-17(20(39)22(33)40)14-16-10-8-11-16;1-3-2;1-2/h16-19,21H,8-15H2,1-7H3,(H2,33,40)(H,34,41)(H2,35,36,44);3H2,1-2H3;1-2H3. The summed E-state index contributed by atoms with van der Waals surface area (Å²) < 4.78 is 38.9. The lowest BCUT2D eigenvalue weighted by Gasteiger charge is -2.38. The van der Waals surface area contributed by atoms with Gasteiger partial charge in [-0.3, -0.25) is 24.0 Å². The molecule has 12 nitrogen and oxygen atoms in total. The molecule has 1 aliphatic heterocycles. The van der Waals surface area contributed by atoms with E-state index in [0.29, 0.717) is 17.7 Å². The van der Waals surface area contributed by atoms with Crippen LogP contribution in [-0.2, 0) is 24.0 Å². The van der Waals surface area contributed by atoms with E-state index in [1.54, 1.807) is 41.5 Å². The van der Waals surface area contributed by atoms with Gasteiger partial charge in [0.25, 0.3) is 5.91 Å². The van der Waals surface area contributed by atoms with Gasteiger partial charge >= 0.3 is 18.1 Å². The smallest absolute Gasteiger partial charge is 0.363 e. The maximum absolute atomic E-state index is 13.8. The largest absolute Gasteiger partial charge is 0.471 e. The molecule has 49 heavy (non-hydrogen) atoms. The molecule has 1 saturated heterocycles. The Morgan fingerprint density at radius 2 is 1.39 bits per heavy atom. The summed E-state index contributed by atoms with van der Waals surface area (Å²) in [4.78, 5) is 78.0. The van der Waals surface area contributed by atoms with Gasteiger partial charge in [-0.15, -0.1) is 0 Å². The number of rotatable bonds is 11. The number of halogens is 3. The first-order valence-corrected chi connectivity index (χ1v) is 17.3. The van der Waals surface area contributed by atoms with Gasteiger partial charge in [-0.05, 0) is 36.0 Å². The number of alkyl halides is 3. The number of nitrogens with two attached hydrogens (primary N) is 1. The molecule has 1 aliphatic carbocycles. The molecular weight excluding hydrogens is 645 g/mol. The number of hydrogen-bond donors (Lipinski definition) is 4. The van der Waals surface area contributed by atoms with Gasteiger partial charge in [0.05, 0.1) is 12.1 Å². The average molecular weight is 707 g/mol. The van der Waals surface area contributed by atoms with Gasteiger partial charge in [0, 0.05) is 20.1 Å². The summed E-state index contributed by atoms with van der Waals surface area (Å²) in [5.74, 6) is -5.08. The van der Waals surface area contributed by atoms with Gasteiger partial charge in [-0.25, -0.2) is 4.79 Å². The molecule has 0 spiro atoms. The number of nitrogens with zero attached hydrogens (tertiary/aromatic N) is 2. The number of ketones is 1. The first-order valence-electron chi connectivity index (χ1n) is 17.3. The highest BCUT2D eigenvalue weighted by Gasteiger charge is 2.45. The molecule has 5 N–H and O–H groups in total. The van der Waals surface area contributed by atoms with Crippen LogP contribution in [0, 0.1) is 16.7 Å². The van der Waals surface area contributed by atoms with Gasteiger partial charge < -0.3 is 31.5 Å². The topological polar surface area (TPSA) is 171 Å². The van der Waals surface area contributed by atoms with Gasteiger partial charge in [0.1, 0.15) is 12.1 Å². The molecular formula is C34H61F3N6O6. The summed E-state index contributed by atoms with van der Waals surface area (Å²) >= 11 is 0. The van der Waals surface area contributed by atoms with Crippen molar-refractivity contribution in [1.29, 1.82) is 0 Å². The number of nitrogens with one attached hydrogen (secondary N) is 3. The van der Waals surface area contributed by atoms with Gasteiger partial charge in [0.15, 0.2) is 0 Å². The van der Waals surface area contributed by atoms with Crippen LogP contribution in [0.3, 0.4) is 0 Å². The molecule has 0 aromatic rings. The third kappa shape index (κ3) is 14.5. The third-order valence-electron chi connectivity index (χ3n) is 8.29. The number of likely N-dealkylation sites (tertiary alicyclic amines) is 1. The normalized spacial score (nSPS) is 18.2. The zero-order chi connectivity index (χ0) is 38.5. The molecule has 2 fully saturated rings. The fourth-order valence-electron chi connectivity index (χ4n) is 5.29. The van der Waals surface area contributed by atoms with E-state index in [0.717, 1.165) is 26.3 Å². The highest BCUT2D eigenvalue weighted by atomic mass is 19.4. The minimum absolute atomic E-state index is 0.182. The van der Waals surface area contributed by atoms with Crippen molar-refractivity contribution in [1.82, 2.24) is 25.8 Å². The monoisotopic (exact) mass is 706 g/mol. The molecule has 0 bridgehead atoms. The fourth-order valence-corrected chi connectivity index (χ4v) is 5.29. The number of likely N-dealkylation sites (N-methyl/N-ethyl adjacent to an activating group) is 1. The van der Waals surface area contributed by atoms with Crippen LogP contribution in [0.1, 0.15) is 114 Å². The van der Waals surface area contributed by atoms with Crippen molar-refractivity contribution in [3.05, 3.63) is 0 Å². The van der Waals surface area contributed by atoms with Crippen LogP contribution in [0.25, 0.3) is 0 Å². The van der Waals surface area contributed by atoms with Crippen LogP contribution in [-0.4, -0.2) is 95.7 Å². The lowest BCUT2D eigenvalue weighted by Crippen LogP contribution is -2.62. The number of primary amides is 1. The zero-order valence-electron chi connectivity index (χ0n) is 31.3. The summed E-state index contributed by atoms with van der Waals surface area (Å²) in [6.07, 6.45) is -0.0281. The van der Waals surface area contributed by atoms with Crippen molar-refractivity contribution in [3.8, 4) is 0 Å². The molecule has 2 aliphatic rings. The van der Waals surface area contributed by atoms with Gasteiger partial charge in [-0.1, -0.05) is 94.9 Å². The Hall–Kier alpha value is -3.39. The van der Waals surface area contributed by atoms with E-state index >= 15 is 0 Å². The molecule has 1 heterocycles. The van der Waals surface area contributed by atoms with Gasteiger partial charge in [0.2, 0.25) is 17.6 Å². The number of urea groups is 1. The molecule has 0 aromatic heterocycles. The number of carbonyl (C=O) groups excluding carboxylic acids is 6. The minimum atomic E-state index is -5.08. The second kappa shape index (κ2) is 19.7. The molecule has 4 unspecified atom stereocenters. The molecule has 1 saturated carbocycles. The molecule has 284 valence electrons. The van der Waals surface area contributed by atoms with Crippen LogP contribution in [0.2, 0.25) is 0 Å². The summed E-state index contributed by atoms with van der Waals surface area (Å²) in [5, 5.41) is 7.87. The molecule has 0 aromatic carbocycles. The Morgan fingerprint density at radius 3 is 1.80 bits per heavy atom. The Balaban J connectivity index is 0.00000435. The van der Waals surface area contributed by atoms with Gasteiger partial charge in [-0.2, -0.15) is 13.2 Å². The number of amides is 6. The van der Waals surface area contributed by atoms with E-state index in [9.17, 15) is 41.9 Å². The maximum atomic E-state index is 13.8. The van der Waals surface area contributed by atoms with E-state index < -0.39 is 83.2 Å². The van der Waals surface area contributed by atoms with E-state index in [2.05, 4.69) is 29.8 Å². The highest BCUT2D eigenvalue weighted by molar-refractivity contribution is 6.37. The lowest BCUT2D eigenvalue weighted by atomic mass is 9.80. The fraction of sp³-hybridized carbons (Fsp3) is 0.824. The Morgan fingerprint density at radius 1 is 0.857 bits per heavy atom.